The van der Waals surface area contributed by atoms with E-state index >= 15 is 0 Å². The first kappa shape index (κ1) is 17.1. The van der Waals surface area contributed by atoms with E-state index in [-0.39, 0.29) is 17.2 Å². The quantitative estimate of drug-likeness (QED) is 0.738. The maximum atomic E-state index is 13.1. The summed E-state index contributed by atoms with van der Waals surface area (Å²) in [5.41, 5.74) is 0.0293. The van der Waals surface area contributed by atoms with E-state index in [1.165, 1.54) is 17.8 Å². The Hall–Kier alpha value is -2.36. The number of piperidine rings is 1. The fourth-order valence-corrected chi connectivity index (χ4v) is 4.46. The van der Waals surface area contributed by atoms with Gasteiger partial charge in [-0.3, -0.25) is 14.6 Å². The molecule has 1 fully saturated rings. The largest absolute Gasteiger partial charge is 0.435 e. The number of carbonyl (C=O) groups is 1. The van der Waals surface area contributed by atoms with Gasteiger partial charge < -0.3 is 4.90 Å². The summed E-state index contributed by atoms with van der Waals surface area (Å²) in [6.45, 7) is 1.13. The van der Waals surface area contributed by atoms with Crippen LogP contribution in [0.15, 0.2) is 18.3 Å². The summed E-state index contributed by atoms with van der Waals surface area (Å²) in [5.74, 6) is -0.0690. The number of likely N-dealkylation sites (tertiary alicyclic amines) is 1. The average Bonchev–Trinajstić information content (AvgIpc) is 3.31. The maximum absolute atomic E-state index is 13.1. The van der Waals surface area contributed by atoms with Crippen LogP contribution < -0.4 is 0 Å². The number of alkyl halides is 3. The number of hydrogen-bond donors (Lipinski definition) is 1. The van der Waals surface area contributed by atoms with Gasteiger partial charge in [-0.15, -0.1) is 11.3 Å². The number of rotatable bonds is 2. The van der Waals surface area contributed by atoms with Crippen molar-refractivity contribution in [3.8, 4) is 0 Å². The molecule has 26 heavy (non-hydrogen) atoms. The van der Waals surface area contributed by atoms with Crippen molar-refractivity contribution in [3.05, 3.63) is 34.6 Å². The highest BCUT2D eigenvalue weighted by Gasteiger charge is 2.38. The Morgan fingerprint density at radius 1 is 1.42 bits per heavy atom. The van der Waals surface area contributed by atoms with E-state index in [9.17, 15) is 18.0 Å². The molecule has 4 heterocycles. The van der Waals surface area contributed by atoms with Crippen LogP contribution in [-0.4, -0.2) is 43.9 Å². The normalized spacial score (nSPS) is 18.6. The first-order valence-electron chi connectivity index (χ1n) is 8.17. The Balaban J connectivity index is 1.62. The lowest BCUT2D eigenvalue weighted by Gasteiger charge is -2.31. The number of amides is 1. The van der Waals surface area contributed by atoms with E-state index in [4.69, 9.17) is 0 Å². The molecule has 3 aromatic rings. The summed E-state index contributed by atoms with van der Waals surface area (Å²) in [6, 6.07) is 3.21. The molecule has 138 valence electrons. The molecule has 6 nitrogen and oxygen atoms in total. The Labute approximate surface area is 150 Å². The second kappa shape index (κ2) is 6.11. The van der Waals surface area contributed by atoms with E-state index in [1.54, 1.807) is 11.1 Å². The zero-order chi connectivity index (χ0) is 18.5. The van der Waals surface area contributed by atoms with Crippen molar-refractivity contribution >= 4 is 27.5 Å². The number of nitrogens with one attached hydrogen (secondary N) is 1. The van der Waals surface area contributed by atoms with Crippen LogP contribution in [0.5, 0.6) is 0 Å². The number of H-pyrrole nitrogens is 1. The highest BCUT2D eigenvalue weighted by molar-refractivity contribution is 7.20. The van der Waals surface area contributed by atoms with Crippen LogP contribution in [0.25, 0.3) is 10.2 Å². The van der Waals surface area contributed by atoms with Crippen molar-refractivity contribution < 1.29 is 18.0 Å². The van der Waals surface area contributed by atoms with Crippen molar-refractivity contribution in [3.63, 3.8) is 0 Å². The number of aryl methyl sites for hydroxylation is 1. The van der Waals surface area contributed by atoms with Gasteiger partial charge in [-0.25, -0.2) is 0 Å². The monoisotopic (exact) mass is 383 g/mol. The molecule has 1 saturated heterocycles. The summed E-state index contributed by atoms with van der Waals surface area (Å²) in [5, 5.41) is 10.4. The van der Waals surface area contributed by atoms with Gasteiger partial charge in [0.15, 0.2) is 5.69 Å². The number of halogens is 3. The van der Waals surface area contributed by atoms with Crippen molar-refractivity contribution in [2.75, 3.05) is 13.1 Å². The molecule has 0 spiro atoms. The molecule has 1 aliphatic rings. The molecule has 4 rings (SSSR count). The van der Waals surface area contributed by atoms with E-state index in [1.807, 2.05) is 6.07 Å². The Morgan fingerprint density at radius 3 is 2.92 bits per heavy atom. The smallest absolute Gasteiger partial charge is 0.337 e. The first-order chi connectivity index (χ1) is 12.3. The van der Waals surface area contributed by atoms with E-state index in [2.05, 4.69) is 15.3 Å². The van der Waals surface area contributed by atoms with E-state index in [0.717, 1.165) is 29.9 Å². The van der Waals surface area contributed by atoms with Crippen LogP contribution in [0.1, 0.15) is 39.8 Å². The fraction of sp³-hybridized carbons (Fsp3) is 0.438. The Kier molecular flexibility index (Phi) is 4.02. The van der Waals surface area contributed by atoms with Crippen molar-refractivity contribution in [1.29, 1.82) is 0 Å². The van der Waals surface area contributed by atoms with Gasteiger partial charge in [0.1, 0.15) is 4.83 Å². The number of aromatic nitrogens is 4. The van der Waals surface area contributed by atoms with Crippen LogP contribution in [0.4, 0.5) is 13.2 Å². The van der Waals surface area contributed by atoms with Crippen molar-refractivity contribution in [2.24, 2.45) is 7.05 Å². The minimum absolute atomic E-state index is 0.0181. The van der Waals surface area contributed by atoms with Gasteiger partial charge in [0, 0.05) is 43.3 Å². The third-order valence-corrected chi connectivity index (χ3v) is 5.85. The molecule has 0 radical (unpaired) electrons. The van der Waals surface area contributed by atoms with Gasteiger partial charge in [0.25, 0.3) is 5.91 Å². The van der Waals surface area contributed by atoms with Crippen LogP contribution in [0.3, 0.4) is 0 Å². The zero-order valence-electron chi connectivity index (χ0n) is 13.9. The molecule has 1 atom stereocenters. The average molecular weight is 383 g/mol. The molecule has 1 aliphatic heterocycles. The van der Waals surface area contributed by atoms with Crippen LogP contribution in [0, 0.1) is 0 Å². The third-order valence-electron chi connectivity index (χ3n) is 4.66. The summed E-state index contributed by atoms with van der Waals surface area (Å²) >= 11 is 1.05. The van der Waals surface area contributed by atoms with Crippen LogP contribution >= 0.6 is 11.3 Å². The van der Waals surface area contributed by atoms with Crippen LogP contribution in [0.2, 0.25) is 0 Å². The summed E-state index contributed by atoms with van der Waals surface area (Å²) in [6.07, 6.45) is -1.08. The molecule has 0 aliphatic carbocycles. The van der Waals surface area contributed by atoms with Crippen molar-refractivity contribution in [1.82, 2.24) is 24.9 Å². The lowest BCUT2D eigenvalue weighted by atomic mass is 9.95. The van der Waals surface area contributed by atoms with Gasteiger partial charge in [0.05, 0.1) is 4.88 Å². The zero-order valence-corrected chi connectivity index (χ0v) is 14.7. The van der Waals surface area contributed by atoms with E-state index in [0.29, 0.717) is 22.8 Å². The second-order valence-electron chi connectivity index (χ2n) is 6.40. The third kappa shape index (κ3) is 2.87. The SMILES string of the molecule is Cn1nc(C(F)(F)F)c2cc(C(=O)N3CCC[C@@H](c4ccn[nH]4)C3)sc21. The predicted octanol–water partition coefficient (Wildman–Crippen LogP) is 3.40. The molecular formula is C16H16F3N5OS. The van der Waals surface area contributed by atoms with Gasteiger partial charge in [0.2, 0.25) is 0 Å². The molecule has 0 saturated carbocycles. The highest BCUT2D eigenvalue weighted by atomic mass is 32.1. The molecule has 0 aromatic carbocycles. The Bertz CT molecular complexity index is 943. The Morgan fingerprint density at radius 2 is 2.23 bits per heavy atom. The first-order valence-corrected chi connectivity index (χ1v) is 8.98. The fourth-order valence-electron chi connectivity index (χ4n) is 3.42. The van der Waals surface area contributed by atoms with Crippen molar-refractivity contribution in [2.45, 2.75) is 24.9 Å². The summed E-state index contributed by atoms with van der Waals surface area (Å²) in [4.78, 5) is 15.2. The summed E-state index contributed by atoms with van der Waals surface area (Å²) in [7, 11) is 1.46. The van der Waals surface area contributed by atoms with Gasteiger partial charge in [-0.05, 0) is 25.0 Å². The minimum Gasteiger partial charge on any atom is -0.337 e. The maximum Gasteiger partial charge on any atom is 0.435 e. The number of nitrogens with zero attached hydrogens (tertiary/aromatic N) is 4. The topological polar surface area (TPSA) is 66.8 Å². The number of thiophene rings is 1. The lowest BCUT2D eigenvalue weighted by Crippen LogP contribution is -2.38. The lowest BCUT2D eigenvalue weighted by molar-refractivity contribution is -0.140. The predicted molar refractivity (Wildman–Crippen MR) is 90.1 cm³/mol. The second-order valence-corrected chi connectivity index (χ2v) is 7.43. The number of aromatic amines is 1. The molecule has 1 N–H and O–H groups in total. The number of carbonyl (C=O) groups excluding carboxylic acids is 1. The standard InChI is InChI=1S/C16H16F3N5OS/c1-23-15-10(13(22-23)16(17,18)19)7-12(26-15)14(25)24-6-2-3-9(8-24)11-4-5-20-21-11/h4-5,7,9H,2-3,6,8H2,1H3,(H,20,21)/t9-/m1/s1. The highest BCUT2D eigenvalue weighted by Crippen LogP contribution is 2.38. The minimum atomic E-state index is -4.54. The van der Waals surface area contributed by atoms with Gasteiger partial charge in [-0.1, -0.05) is 0 Å². The molecule has 1 amide bonds. The van der Waals surface area contributed by atoms with Gasteiger partial charge in [-0.2, -0.15) is 23.4 Å². The summed E-state index contributed by atoms with van der Waals surface area (Å²) < 4.78 is 40.6. The molecular weight excluding hydrogens is 367 g/mol. The van der Waals surface area contributed by atoms with Crippen LogP contribution in [-0.2, 0) is 13.2 Å². The molecule has 10 heteroatoms. The number of fused-ring (bicyclic) bond motifs is 1. The molecule has 0 bridgehead atoms. The number of hydrogen-bond acceptors (Lipinski definition) is 4. The van der Waals surface area contributed by atoms with E-state index < -0.39 is 11.9 Å². The van der Waals surface area contributed by atoms with Gasteiger partial charge >= 0.3 is 6.18 Å². The molecule has 0 unspecified atom stereocenters. The molecule has 3 aromatic heterocycles.